The first-order chi connectivity index (χ1) is 15.3. The van der Waals surface area contributed by atoms with E-state index in [9.17, 15) is 17.6 Å². The van der Waals surface area contributed by atoms with E-state index < -0.39 is 10.0 Å². The van der Waals surface area contributed by atoms with Crippen molar-refractivity contribution in [1.82, 2.24) is 9.21 Å². The van der Waals surface area contributed by atoms with Crippen LogP contribution in [0, 0.1) is 5.82 Å². The van der Waals surface area contributed by atoms with Crippen molar-refractivity contribution in [3.8, 4) is 5.75 Å². The van der Waals surface area contributed by atoms with Gasteiger partial charge in [-0.1, -0.05) is 48.5 Å². The number of ether oxygens (including phenoxy) is 1. The first-order valence-electron chi connectivity index (χ1n) is 9.98. The first-order valence-corrected chi connectivity index (χ1v) is 11.4. The van der Waals surface area contributed by atoms with E-state index in [0.717, 1.165) is 5.56 Å². The van der Waals surface area contributed by atoms with Crippen molar-refractivity contribution in [2.24, 2.45) is 0 Å². The number of benzene rings is 3. The Labute approximate surface area is 187 Å². The molecular weight excluding hydrogens is 431 g/mol. The summed E-state index contributed by atoms with van der Waals surface area (Å²) in [6.07, 6.45) is 0. The van der Waals surface area contributed by atoms with Crippen LogP contribution in [-0.4, -0.2) is 44.2 Å². The molecule has 0 spiro atoms. The van der Waals surface area contributed by atoms with E-state index in [1.165, 1.54) is 46.6 Å². The zero-order chi connectivity index (χ0) is 23.1. The highest BCUT2D eigenvalue weighted by molar-refractivity contribution is 7.89. The number of amides is 1. The van der Waals surface area contributed by atoms with Gasteiger partial charge in [0.2, 0.25) is 10.0 Å². The molecule has 0 heterocycles. The summed E-state index contributed by atoms with van der Waals surface area (Å²) in [5, 5.41) is 0. The van der Waals surface area contributed by atoms with Gasteiger partial charge in [0.05, 0.1) is 4.90 Å². The number of hydrogen-bond acceptors (Lipinski definition) is 4. The van der Waals surface area contributed by atoms with Crippen molar-refractivity contribution in [3.63, 3.8) is 0 Å². The number of carbonyl (C=O) groups is 1. The fraction of sp³-hybridized carbons (Fsp3) is 0.208. The molecule has 0 aromatic heterocycles. The van der Waals surface area contributed by atoms with E-state index in [4.69, 9.17) is 4.74 Å². The van der Waals surface area contributed by atoms with Gasteiger partial charge in [0.25, 0.3) is 5.91 Å². The van der Waals surface area contributed by atoms with Crippen molar-refractivity contribution in [3.05, 3.63) is 95.8 Å². The molecule has 8 heteroatoms. The minimum absolute atomic E-state index is 0.125. The highest BCUT2D eigenvalue weighted by Gasteiger charge is 2.21. The predicted molar refractivity (Wildman–Crippen MR) is 120 cm³/mol. The van der Waals surface area contributed by atoms with E-state index in [0.29, 0.717) is 11.3 Å². The van der Waals surface area contributed by atoms with E-state index >= 15 is 0 Å². The minimum Gasteiger partial charge on any atom is -0.484 e. The number of carbonyl (C=O) groups excluding carboxylic acids is 1. The molecule has 0 N–H and O–H groups in total. The maximum absolute atomic E-state index is 13.8. The molecule has 0 atom stereocenters. The second-order valence-corrected chi connectivity index (χ2v) is 9.39. The van der Waals surface area contributed by atoms with Gasteiger partial charge < -0.3 is 9.64 Å². The highest BCUT2D eigenvalue weighted by atomic mass is 32.2. The predicted octanol–water partition coefficient (Wildman–Crippen LogP) is 3.68. The summed E-state index contributed by atoms with van der Waals surface area (Å²) in [4.78, 5) is 13.8. The van der Waals surface area contributed by atoms with Gasteiger partial charge >= 0.3 is 0 Å². The lowest BCUT2D eigenvalue weighted by molar-refractivity contribution is -0.132. The summed E-state index contributed by atoms with van der Waals surface area (Å²) < 4.78 is 46.1. The Bertz CT molecular complexity index is 1150. The molecule has 0 fully saturated rings. The molecule has 0 radical (unpaired) electrons. The number of rotatable bonds is 9. The third kappa shape index (κ3) is 5.93. The molecule has 3 aromatic carbocycles. The summed E-state index contributed by atoms with van der Waals surface area (Å²) >= 11 is 0. The van der Waals surface area contributed by atoms with E-state index in [2.05, 4.69) is 0 Å². The Balaban J connectivity index is 1.57. The lowest BCUT2D eigenvalue weighted by Crippen LogP contribution is -2.31. The lowest BCUT2D eigenvalue weighted by Gasteiger charge is -2.19. The third-order valence-corrected chi connectivity index (χ3v) is 6.75. The van der Waals surface area contributed by atoms with E-state index in [1.807, 2.05) is 30.3 Å². The Morgan fingerprint density at radius 2 is 1.50 bits per heavy atom. The number of nitrogens with zero attached hydrogens (tertiary/aromatic N) is 2. The summed E-state index contributed by atoms with van der Waals surface area (Å²) in [6.45, 7) is 0.134. The van der Waals surface area contributed by atoms with Gasteiger partial charge in [-0.2, -0.15) is 4.31 Å². The number of hydrogen-bond donors (Lipinski definition) is 0. The second-order valence-electron chi connectivity index (χ2n) is 7.35. The van der Waals surface area contributed by atoms with Crippen LogP contribution in [0.1, 0.15) is 11.1 Å². The van der Waals surface area contributed by atoms with Crippen LogP contribution < -0.4 is 4.74 Å². The molecule has 3 rings (SSSR count). The quantitative estimate of drug-likeness (QED) is 0.493. The lowest BCUT2D eigenvalue weighted by atomic mass is 10.2. The molecule has 168 valence electrons. The summed E-state index contributed by atoms with van der Waals surface area (Å²) in [5.41, 5.74) is 1.30. The average molecular weight is 457 g/mol. The molecule has 6 nitrogen and oxygen atoms in total. The third-order valence-electron chi connectivity index (χ3n) is 4.93. The number of likely N-dealkylation sites (N-methyl/N-ethyl adjacent to an activating group) is 1. The van der Waals surface area contributed by atoms with Crippen LogP contribution in [0.4, 0.5) is 4.39 Å². The molecule has 0 saturated heterocycles. The minimum atomic E-state index is -3.67. The molecule has 0 saturated carbocycles. The van der Waals surface area contributed by atoms with Crippen LogP contribution in [0.2, 0.25) is 0 Å². The van der Waals surface area contributed by atoms with Crippen LogP contribution in [0.5, 0.6) is 5.75 Å². The number of sulfonamides is 1. The molecular formula is C24H25FN2O4S. The van der Waals surface area contributed by atoms with Crippen LogP contribution in [-0.2, 0) is 27.9 Å². The topological polar surface area (TPSA) is 66.9 Å². The van der Waals surface area contributed by atoms with Gasteiger partial charge in [-0.25, -0.2) is 12.8 Å². The molecule has 0 bridgehead atoms. The highest BCUT2D eigenvalue weighted by Crippen LogP contribution is 2.20. The SMILES string of the molecule is CN(Cc1ccccc1F)C(=O)COc1ccc(S(=O)(=O)N(C)Cc2ccccc2)cc1. The monoisotopic (exact) mass is 456 g/mol. The fourth-order valence-electron chi connectivity index (χ4n) is 3.04. The summed E-state index contributed by atoms with van der Waals surface area (Å²) in [6, 6.07) is 21.5. The van der Waals surface area contributed by atoms with E-state index in [1.54, 1.807) is 25.2 Å². The standard InChI is InChI=1S/C24H25FN2O4S/c1-26(17-20-10-6-7-11-23(20)25)24(28)18-31-21-12-14-22(15-13-21)32(29,30)27(2)16-19-8-4-3-5-9-19/h3-15H,16-18H2,1-2H3. The van der Waals surface area contributed by atoms with Crippen LogP contribution >= 0.6 is 0 Å². The van der Waals surface area contributed by atoms with Gasteiger partial charge in [-0.05, 0) is 35.9 Å². The van der Waals surface area contributed by atoms with Crippen molar-refractivity contribution in [2.45, 2.75) is 18.0 Å². The Kier molecular flexibility index (Phi) is 7.61. The van der Waals surface area contributed by atoms with Gasteiger partial charge in [0, 0.05) is 32.7 Å². The van der Waals surface area contributed by atoms with Crippen LogP contribution in [0.25, 0.3) is 0 Å². The van der Waals surface area contributed by atoms with Crippen LogP contribution in [0.15, 0.2) is 83.8 Å². The zero-order valence-corrected chi connectivity index (χ0v) is 18.8. The van der Waals surface area contributed by atoms with Gasteiger partial charge in [-0.15, -0.1) is 0 Å². The van der Waals surface area contributed by atoms with Gasteiger partial charge in [0.15, 0.2) is 6.61 Å². The molecule has 0 aliphatic carbocycles. The molecule has 32 heavy (non-hydrogen) atoms. The molecule has 0 unspecified atom stereocenters. The fourth-order valence-corrected chi connectivity index (χ4v) is 4.20. The smallest absolute Gasteiger partial charge is 0.260 e. The Hall–Kier alpha value is -3.23. The molecule has 1 amide bonds. The van der Waals surface area contributed by atoms with E-state index in [-0.39, 0.29) is 36.3 Å². The second kappa shape index (κ2) is 10.4. The normalized spacial score (nSPS) is 11.4. The van der Waals surface area contributed by atoms with Crippen molar-refractivity contribution < 1.29 is 22.3 Å². The Morgan fingerprint density at radius 3 is 2.16 bits per heavy atom. The molecule has 3 aromatic rings. The van der Waals surface area contributed by atoms with Crippen LogP contribution in [0.3, 0.4) is 0 Å². The number of halogens is 1. The maximum atomic E-state index is 13.8. The van der Waals surface area contributed by atoms with Crippen molar-refractivity contribution >= 4 is 15.9 Å². The van der Waals surface area contributed by atoms with Crippen molar-refractivity contribution in [1.29, 1.82) is 0 Å². The molecule has 0 aliphatic heterocycles. The largest absolute Gasteiger partial charge is 0.484 e. The van der Waals surface area contributed by atoms with Gasteiger partial charge in [-0.3, -0.25) is 4.79 Å². The molecule has 0 aliphatic rings. The van der Waals surface area contributed by atoms with Crippen molar-refractivity contribution in [2.75, 3.05) is 20.7 Å². The maximum Gasteiger partial charge on any atom is 0.260 e. The first kappa shape index (κ1) is 23.4. The Morgan fingerprint density at radius 1 is 0.875 bits per heavy atom. The summed E-state index contributed by atoms with van der Waals surface area (Å²) in [5.74, 6) is -0.336. The average Bonchev–Trinajstić information content (AvgIpc) is 2.79. The summed E-state index contributed by atoms with van der Waals surface area (Å²) in [7, 11) is -0.580. The van der Waals surface area contributed by atoms with Gasteiger partial charge in [0.1, 0.15) is 11.6 Å². The zero-order valence-electron chi connectivity index (χ0n) is 17.9.